The third-order valence-corrected chi connectivity index (χ3v) is 6.48. The number of imide groups is 1. The van der Waals surface area contributed by atoms with Crippen LogP contribution in [0, 0.1) is 18.8 Å². The average Bonchev–Trinajstić information content (AvgIpc) is 3.24. The van der Waals surface area contributed by atoms with Gasteiger partial charge in [-0.2, -0.15) is 0 Å². The summed E-state index contributed by atoms with van der Waals surface area (Å²) >= 11 is 0. The van der Waals surface area contributed by atoms with Crippen molar-refractivity contribution >= 4 is 23.5 Å². The largest absolute Gasteiger partial charge is 0.465 e. The SMILES string of the molecule is CCC[C@]1(C(=O)OCC)N[C@H](c2ccccc2C)[C@H]2C(=O)N(c3ccccc3)C(=O)[C@@H]21. The maximum absolute atomic E-state index is 13.7. The quantitative estimate of drug-likeness (QED) is 0.571. The van der Waals surface area contributed by atoms with Crippen LogP contribution in [-0.4, -0.2) is 29.9 Å². The summed E-state index contributed by atoms with van der Waals surface area (Å²) in [5, 5.41) is 3.44. The van der Waals surface area contributed by atoms with Crippen molar-refractivity contribution in [3.63, 3.8) is 0 Å². The van der Waals surface area contributed by atoms with Gasteiger partial charge in [0, 0.05) is 6.04 Å². The number of hydrogen-bond acceptors (Lipinski definition) is 5. The summed E-state index contributed by atoms with van der Waals surface area (Å²) < 4.78 is 5.45. The summed E-state index contributed by atoms with van der Waals surface area (Å²) in [7, 11) is 0. The first-order valence-corrected chi connectivity index (χ1v) is 10.9. The van der Waals surface area contributed by atoms with Crippen LogP contribution >= 0.6 is 0 Å². The average molecular weight is 421 g/mol. The topological polar surface area (TPSA) is 75.7 Å². The number of ether oxygens (including phenoxy) is 1. The van der Waals surface area contributed by atoms with Crippen molar-refractivity contribution in [2.45, 2.75) is 45.2 Å². The lowest BCUT2D eigenvalue weighted by Gasteiger charge is -2.32. The third-order valence-electron chi connectivity index (χ3n) is 6.48. The van der Waals surface area contributed by atoms with Crippen LogP contribution in [0.2, 0.25) is 0 Å². The normalized spacial score (nSPS) is 27.5. The summed E-state index contributed by atoms with van der Waals surface area (Å²) in [6.45, 7) is 5.91. The summed E-state index contributed by atoms with van der Waals surface area (Å²) in [5.41, 5.74) is 1.23. The molecule has 6 nitrogen and oxygen atoms in total. The lowest BCUT2D eigenvalue weighted by Crippen LogP contribution is -2.56. The van der Waals surface area contributed by atoms with Crippen LogP contribution in [0.5, 0.6) is 0 Å². The molecule has 0 aliphatic carbocycles. The molecule has 6 heteroatoms. The van der Waals surface area contributed by atoms with Gasteiger partial charge in [0.05, 0.1) is 24.1 Å². The molecule has 4 atom stereocenters. The number of nitrogens with one attached hydrogen (secondary N) is 1. The van der Waals surface area contributed by atoms with Gasteiger partial charge in [-0.3, -0.25) is 19.7 Å². The number of esters is 1. The number of amides is 2. The van der Waals surface area contributed by atoms with Gasteiger partial charge in [0.15, 0.2) is 0 Å². The van der Waals surface area contributed by atoms with E-state index in [0.29, 0.717) is 18.5 Å². The Morgan fingerprint density at radius 1 is 1.03 bits per heavy atom. The summed E-state index contributed by atoms with van der Waals surface area (Å²) in [4.78, 5) is 41.9. The fourth-order valence-electron chi connectivity index (χ4n) is 5.21. The second-order valence-corrected chi connectivity index (χ2v) is 8.27. The zero-order chi connectivity index (χ0) is 22.2. The summed E-state index contributed by atoms with van der Waals surface area (Å²) in [5.74, 6) is -2.57. The second-order valence-electron chi connectivity index (χ2n) is 8.27. The molecule has 1 N–H and O–H groups in total. The number of anilines is 1. The monoisotopic (exact) mass is 420 g/mol. The Kier molecular flexibility index (Phi) is 5.67. The number of nitrogens with zero attached hydrogens (tertiary/aromatic N) is 1. The van der Waals surface area contributed by atoms with Gasteiger partial charge in [0.1, 0.15) is 5.54 Å². The highest BCUT2D eigenvalue weighted by Crippen LogP contribution is 2.52. The van der Waals surface area contributed by atoms with E-state index in [9.17, 15) is 14.4 Å². The van der Waals surface area contributed by atoms with Gasteiger partial charge in [0.2, 0.25) is 11.8 Å². The first-order chi connectivity index (χ1) is 15.0. The summed E-state index contributed by atoms with van der Waals surface area (Å²) in [6.07, 6.45) is 1.08. The summed E-state index contributed by atoms with van der Waals surface area (Å²) in [6, 6.07) is 16.3. The Balaban J connectivity index is 1.88. The molecule has 2 fully saturated rings. The molecule has 31 heavy (non-hydrogen) atoms. The lowest BCUT2D eigenvalue weighted by atomic mass is 9.76. The van der Waals surface area contributed by atoms with E-state index < -0.39 is 29.4 Å². The fraction of sp³-hybridized carbons (Fsp3) is 0.400. The molecule has 0 bridgehead atoms. The Labute approximate surface area is 182 Å². The third kappa shape index (κ3) is 3.26. The van der Waals surface area contributed by atoms with Gasteiger partial charge in [-0.15, -0.1) is 0 Å². The number of carbonyl (C=O) groups is 3. The maximum Gasteiger partial charge on any atom is 0.327 e. The van der Waals surface area contributed by atoms with Gasteiger partial charge in [-0.05, 0) is 43.5 Å². The van der Waals surface area contributed by atoms with Crippen molar-refractivity contribution < 1.29 is 19.1 Å². The molecule has 2 amide bonds. The van der Waals surface area contributed by atoms with Gasteiger partial charge < -0.3 is 4.74 Å². The Morgan fingerprint density at radius 3 is 2.35 bits per heavy atom. The maximum atomic E-state index is 13.7. The zero-order valence-electron chi connectivity index (χ0n) is 18.1. The minimum Gasteiger partial charge on any atom is -0.465 e. The van der Waals surface area contributed by atoms with E-state index in [2.05, 4.69) is 5.32 Å². The van der Waals surface area contributed by atoms with Crippen LogP contribution in [0.3, 0.4) is 0 Å². The highest BCUT2D eigenvalue weighted by atomic mass is 16.5. The Hall–Kier alpha value is -2.99. The molecule has 2 saturated heterocycles. The standard InChI is InChI=1S/C25H28N2O4/c1-4-15-25(24(30)31-5-2)20-19(21(26-25)18-14-10-9-11-16(18)3)22(28)27(23(20)29)17-12-7-6-8-13-17/h6-14,19-21,26H,4-5,15H2,1-3H3/t19-,20+,21+,25-/m0/s1. The fourth-order valence-corrected chi connectivity index (χ4v) is 5.21. The van der Waals surface area contributed by atoms with Gasteiger partial charge in [0.25, 0.3) is 0 Å². The molecule has 2 aromatic carbocycles. The molecule has 162 valence electrons. The molecule has 2 aromatic rings. The van der Waals surface area contributed by atoms with Crippen LogP contribution in [0.25, 0.3) is 0 Å². The van der Waals surface area contributed by atoms with Gasteiger partial charge in [-0.1, -0.05) is 55.8 Å². The highest BCUT2D eigenvalue weighted by molar-refractivity contribution is 6.24. The molecule has 0 spiro atoms. The number of carbonyl (C=O) groups excluding carboxylic acids is 3. The number of fused-ring (bicyclic) bond motifs is 1. The van der Waals surface area contributed by atoms with E-state index in [4.69, 9.17) is 4.74 Å². The zero-order valence-corrected chi connectivity index (χ0v) is 18.1. The van der Waals surface area contributed by atoms with Gasteiger partial charge >= 0.3 is 5.97 Å². The lowest BCUT2D eigenvalue weighted by molar-refractivity contribution is -0.155. The molecule has 2 aliphatic heterocycles. The van der Waals surface area contributed by atoms with E-state index >= 15 is 0 Å². The number of hydrogen-bond donors (Lipinski definition) is 1. The number of para-hydroxylation sites is 1. The Bertz CT molecular complexity index is 1010. The predicted molar refractivity (Wildman–Crippen MR) is 117 cm³/mol. The molecule has 2 aliphatic rings. The first kappa shape index (κ1) is 21.2. The highest BCUT2D eigenvalue weighted by Gasteiger charge is 2.68. The van der Waals surface area contributed by atoms with Crippen LogP contribution < -0.4 is 10.2 Å². The minimum atomic E-state index is -1.24. The van der Waals surface area contributed by atoms with Crippen LogP contribution in [-0.2, 0) is 19.1 Å². The molecule has 0 radical (unpaired) electrons. The molecule has 0 saturated carbocycles. The van der Waals surface area contributed by atoms with E-state index in [1.807, 2.05) is 44.2 Å². The molecule has 4 rings (SSSR count). The first-order valence-electron chi connectivity index (χ1n) is 10.9. The molecule has 2 heterocycles. The van der Waals surface area contributed by atoms with E-state index in [1.165, 1.54) is 4.90 Å². The molecular weight excluding hydrogens is 392 g/mol. The van der Waals surface area contributed by atoms with Crippen molar-refractivity contribution in [2.75, 3.05) is 11.5 Å². The molecular formula is C25H28N2O4. The van der Waals surface area contributed by atoms with E-state index in [-0.39, 0.29) is 18.4 Å². The number of aryl methyl sites for hydroxylation is 1. The van der Waals surface area contributed by atoms with Crippen LogP contribution in [0.1, 0.15) is 43.9 Å². The van der Waals surface area contributed by atoms with Crippen LogP contribution in [0.15, 0.2) is 54.6 Å². The predicted octanol–water partition coefficient (Wildman–Crippen LogP) is 3.55. The number of rotatable bonds is 6. The Morgan fingerprint density at radius 2 is 1.71 bits per heavy atom. The number of benzene rings is 2. The van der Waals surface area contributed by atoms with E-state index in [0.717, 1.165) is 11.1 Å². The van der Waals surface area contributed by atoms with Crippen molar-refractivity contribution in [1.29, 1.82) is 0 Å². The second kappa shape index (κ2) is 8.27. The smallest absolute Gasteiger partial charge is 0.327 e. The molecule has 0 unspecified atom stereocenters. The van der Waals surface area contributed by atoms with Crippen molar-refractivity contribution in [3.05, 3.63) is 65.7 Å². The minimum absolute atomic E-state index is 0.211. The van der Waals surface area contributed by atoms with Gasteiger partial charge in [-0.25, -0.2) is 4.90 Å². The van der Waals surface area contributed by atoms with Crippen LogP contribution in [0.4, 0.5) is 5.69 Å². The van der Waals surface area contributed by atoms with Crippen molar-refractivity contribution in [1.82, 2.24) is 5.32 Å². The molecule has 0 aromatic heterocycles. The van der Waals surface area contributed by atoms with E-state index in [1.54, 1.807) is 31.2 Å². The van der Waals surface area contributed by atoms with Crippen molar-refractivity contribution in [3.8, 4) is 0 Å². The van der Waals surface area contributed by atoms with Crippen molar-refractivity contribution in [2.24, 2.45) is 11.8 Å².